The minimum Gasteiger partial charge on any atom is -0.458 e. The summed E-state index contributed by atoms with van der Waals surface area (Å²) in [6, 6.07) is 8.46. The van der Waals surface area contributed by atoms with Crippen molar-refractivity contribution in [3.8, 4) is 17.3 Å². The van der Waals surface area contributed by atoms with Gasteiger partial charge in [0, 0.05) is 6.92 Å². The molecular weight excluding hydrogens is 302 g/mol. The smallest absolute Gasteiger partial charge is 0.410 e. The number of para-hydroxylation sites is 1. The Morgan fingerprint density at radius 1 is 1.30 bits per heavy atom. The van der Waals surface area contributed by atoms with Gasteiger partial charge in [-0.05, 0) is 24.3 Å². The van der Waals surface area contributed by atoms with Crippen LogP contribution >= 0.6 is 0 Å². The average molecular weight is 315 g/mol. The number of hydrogen-bond acceptors (Lipinski definition) is 6. The second-order valence-corrected chi connectivity index (χ2v) is 4.71. The number of ether oxygens (including phenoxy) is 2. The van der Waals surface area contributed by atoms with Gasteiger partial charge in [-0.1, -0.05) is 6.07 Å². The molecule has 3 rings (SSSR count). The molecule has 118 valence electrons. The van der Waals surface area contributed by atoms with Crippen molar-refractivity contribution >= 4 is 23.1 Å². The van der Waals surface area contributed by atoms with E-state index in [1.165, 1.54) is 6.92 Å². The lowest BCUT2D eigenvalue weighted by atomic mass is 10.3. The first-order valence-electron chi connectivity index (χ1n) is 6.71. The molecule has 2 aromatic heterocycles. The molecule has 0 fully saturated rings. The number of carbonyl (C=O) groups is 2. The van der Waals surface area contributed by atoms with Crippen LogP contribution in [0.1, 0.15) is 12.7 Å². The fourth-order valence-electron chi connectivity index (χ4n) is 2.07. The van der Waals surface area contributed by atoms with Crippen LogP contribution in [0.15, 0.2) is 34.7 Å². The Kier molecular flexibility index (Phi) is 3.71. The largest absolute Gasteiger partial charge is 0.458 e. The van der Waals surface area contributed by atoms with Crippen molar-refractivity contribution in [1.82, 2.24) is 9.97 Å². The van der Waals surface area contributed by atoms with Crippen LogP contribution in [0.3, 0.4) is 0 Å². The second-order valence-electron chi connectivity index (χ2n) is 4.71. The Balaban J connectivity index is 1.91. The molecule has 0 aliphatic heterocycles. The Bertz CT molecular complexity index is 880. The normalized spacial score (nSPS) is 10.7. The zero-order valence-corrected chi connectivity index (χ0v) is 12.2. The molecule has 0 aliphatic carbocycles. The van der Waals surface area contributed by atoms with E-state index in [2.05, 4.69) is 9.97 Å². The molecule has 0 atom stereocenters. The lowest BCUT2D eigenvalue weighted by molar-refractivity contribution is -0.142. The van der Waals surface area contributed by atoms with Crippen LogP contribution in [0.25, 0.3) is 22.6 Å². The highest BCUT2D eigenvalue weighted by Gasteiger charge is 2.14. The average Bonchev–Trinajstić information content (AvgIpc) is 3.11. The first kappa shape index (κ1) is 14.6. The molecule has 0 saturated heterocycles. The molecule has 0 radical (unpaired) electrons. The van der Waals surface area contributed by atoms with Crippen LogP contribution in [0.2, 0.25) is 0 Å². The number of imidazole rings is 1. The van der Waals surface area contributed by atoms with Gasteiger partial charge in [-0.3, -0.25) is 4.79 Å². The summed E-state index contributed by atoms with van der Waals surface area (Å²) in [5.41, 5.74) is 6.16. The van der Waals surface area contributed by atoms with Gasteiger partial charge < -0.3 is 24.6 Å². The van der Waals surface area contributed by atoms with E-state index in [-0.39, 0.29) is 18.3 Å². The number of H-pyrrole nitrogens is 1. The number of benzene rings is 1. The molecule has 0 spiro atoms. The minimum atomic E-state index is -0.913. The monoisotopic (exact) mass is 315 g/mol. The topological polar surface area (TPSA) is 120 Å². The third-order valence-corrected chi connectivity index (χ3v) is 3.00. The number of primary amides is 1. The number of aromatic nitrogens is 2. The van der Waals surface area contributed by atoms with Crippen molar-refractivity contribution in [2.45, 2.75) is 13.5 Å². The highest BCUT2D eigenvalue weighted by atomic mass is 16.5. The van der Waals surface area contributed by atoms with Crippen LogP contribution in [-0.2, 0) is 16.1 Å². The number of carbonyl (C=O) groups excluding carboxylic acids is 2. The molecule has 0 bridgehead atoms. The summed E-state index contributed by atoms with van der Waals surface area (Å²) >= 11 is 0. The predicted molar refractivity (Wildman–Crippen MR) is 79.5 cm³/mol. The van der Waals surface area contributed by atoms with Crippen LogP contribution in [-0.4, -0.2) is 22.0 Å². The Labute approximate surface area is 130 Å². The van der Waals surface area contributed by atoms with Crippen molar-refractivity contribution in [1.29, 1.82) is 0 Å². The third kappa shape index (κ3) is 3.15. The second kappa shape index (κ2) is 5.84. The van der Waals surface area contributed by atoms with Gasteiger partial charge in [0.2, 0.25) is 0 Å². The van der Waals surface area contributed by atoms with Crippen molar-refractivity contribution < 1.29 is 23.5 Å². The van der Waals surface area contributed by atoms with Crippen LogP contribution in [0.5, 0.6) is 5.75 Å². The Morgan fingerprint density at radius 3 is 2.87 bits per heavy atom. The number of nitrogens with one attached hydrogen (secondary N) is 1. The summed E-state index contributed by atoms with van der Waals surface area (Å²) < 4.78 is 15.3. The van der Waals surface area contributed by atoms with Crippen molar-refractivity contribution in [3.05, 3.63) is 36.1 Å². The summed E-state index contributed by atoms with van der Waals surface area (Å²) in [7, 11) is 0. The fraction of sp³-hybridized carbons (Fsp3) is 0.133. The molecule has 0 aliphatic rings. The van der Waals surface area contributed by atoms with E-state index >= 15 is 0 Å². The highest BCUT2D eigenvalue weighted by Crippen LogP contribution is 2.28. The molecular formula is C15H13N3O5. The van der Waals surface area contributed by atoms with Crippen molar-refractivity contribution in [2.24, 2.45) is 5.73 Å². The predicted octanol–water partition coefficient (Wildman–Crippen LogP) is 2.34. The number of nitrogens with two attached hydrogens (primary N) is 1. The number of esters is 1. The molecule has 0 saturated carbocycles. The lowest BCUT2D eigenvalue weighted by Crippen LogP contribution is -2.16. The van der Waals surface area contributed by atoms with Gasteiger partial charge in [-0.15, -0.1) is 0 Å². The van der Waals surface area contributed by atoms with Crippen LogP contribution in [0.4, 0.5) is 4.79 Å². The maximum atomic E-state index is 10.9. The molecule has 1 amide bonds. The quantitative estimate of drug-likeness (QED) is 0.713. The number of furan rings is 1. The molecule has 23 heavy (non-hydrogen) atoms. The zero-order valence-electron chi connectivity index (χ0n) is 12.2. The summed E-state index contributed by atoms with van der Waals surface area (Å²) in [6.07, 6.45) is -0.913. The van der Waals surface area contributed by atoms with Gasteiger partial charge in [-0.25, -0.2) is 9.78 Å². The highest BCUT2D eigenvalue weighted by molar-refractivity contribution is 5.86. The van der Waals surface area contributed by atoms with E-state index in [1.54, 1.807) is 30.3 Å². The molecule has 1 aromatic carbocycles. The Morgan fingerprint density at radius 2 is 2.13 bits per heavy atom. The molecule has 2 heterocycles. The maximum absolute atomic E-state index is 10.9. The zero-order chi connectivity index (χ0) is 16.4. The van der Waals surface area contributed by atoms with E-state index in [9.17, 15) is 9.59 Å². The number of aromatic amines is 1. The van der Waals surface area contributed by atoms with Gasteiger partial charge >= 0.3 is 12.1 Å². The van der Waals surface area contributed by atoms with Crippen LogP contribution in [0, 0.1) is 0 Å². The maximum Gasteiger partial charge on any atom is 0.410 e. The number of hydrogen-bond donors (Lipinski definition) is 2. The molecule has 3 aromatic rings. The van der Waals surface area contributed by atoms with Gasteiger partial charge in [-0.2, -0.15) is 0 Å². The number of amides is 1. The summed E-state index contributed by atoms with van der Waals surface area (Å²) in [4.78, 5) is 29.1. The van der Waals surface area contributed by atoms with E-state index in [4.69, 9.17) is 19.6 Å². The Hall–Kier alpha value is -3.29. The molecule has 8 nitrogen and oxygen atoms in total. The summed E-state index contributed by atoms with van der Waals surface area (Å²) in [6.45, 7) is 1.37. The molecule has 8 heteroatoms. The van der Waals surface area contributed by atoms with E-state index < -0.39 is 6.09 Å². The standard InChI is InChI=1S/C15H13N3O5/c1-8(19)21-7-9-5-6-12(22-9)14-17-10-3-2-4-11(13(10)18-14)23-15(16)20/h2-6H,7H2,1H3,(H2,16,20)(H,17,18). The van der Waals surface area contributed by atoms with Gasteiger partial charge in [0.05, 0.1) is 5.52 Å². The SMILES string of the molecule is CC(=O)OCc1ccc(-c2nc3c(OC(N)=O)cccc3[nH]2)o1. The van der Waals surface area contributed by atoms with Gasteiger partial charge in [0.15, 0.2) is 17.3 Å². The molecule has 3 N–H and O–H groups in total. The van der Waals surface area contributed by atoms with E-state index in [1.807, 2.05) is 0 Å². The third-order valence-electron chi connectivity index (χ3n) is 3.00. The lowest BCUT2D eigenvalue weighted by Gasteiger charge is -1.99. The van der Waals surface area contributed by atoms with E-state index in [0.717, 1.165) is 0 Å². The van der Waals surface area contributed by atoms with Crippen molar-refractivity contribution in [2.75, 3.05) is 0 Å². The van der Waals surface area contributed by atoms with Crippen molar-refractivity contribution in [3.63, 3.8) is 0 Å². The summed E-state index contributed by atoms with van der Waals surface area (Å²) in [5.74, 6) is 1.27. The number of nitrogens with zero attached hydrogens (tertiary/aromatic N) is 1. The minimum absolute atomic E-state index is 0.0472. The van der Waals surface area contributed by atoms with E-state index in [0.29, 0.717) is 28.4 Å². The number of rotatable bonds is 4. The summed E-state index contributed by atoms with van der Waals surface area (Å²) in [5, 5.41) is 0. The fourth-order valence-corrected chi connectivity index (χ4v) is 2.07. The first-order valence-corrected chi connectivity index (χ1v) is 6.71. The molecule has 0 unspecified atom stereocenters. The first-order chi connectivity index (χ1) is 11.0. The van der Waals surface area contributed by atoms with Crippen LogP contribution < -0.4 is 10.5 Å². The van der Waals surface area contributed by atoms with Gasteiger partial charge in [0.1, 0.15) is 17.9 Å². The van der Waals surface area contributed by atoms with Gasteiger partial charge in [0.25, 0.3) is 0 Å². The number of fused-ring (bicyclic) bond motifs is 1.